The van der Waals surface area contributed by atoms with Crippen LogP contribution in [0.15, 0.2) is 68.5 Å². The number of nitrogens with zero attached hydrogens (tertiary/aromatic N) is 4. The minimum Gasteiger partial charge on any atom is -0.354 e. The second-order valence-electron chi connectivity index (χ2n) is 9.90. The van der Waals surface area contributed by atoms with Crippen molar-refractivity contribution in [2.24, 2.45) is 22.0 Å². The molecule has 2 aromatic carbocycles. The fourth-order valence-electron chi connectivity index (χ4n) is 3.22. The second-order valence-corrected chi connectivity index (χ2v) is 12.9. The monoisotopic (exact) mass is 588 g/mol. The molecule has 0 heterocycles. The van der Waals surface area contributed by atoms with Crippen LogP contribution in [0.5, 0.6) is 0 Å². The summed E-state index contributed by atoms with van der Waals surface area (Å²) in [5.74, 6) is 0.421. The SMILES string of the molecule is CC(C)/C(=N\NC(=S)N(C)C)c1ccccc1SSc1ccccc1/C(=N/NC(=S)N(C)C(C)C)C(C)C. The minimum absolute atomic E-state index is 0.208. The highest BCUT2D eigenvalue weighted by molar-refractivity contribution is 8.76. The highest BCUT2D eigenvalue weighted by Gasteiger charge is 2.18. The largest absolute Gasteiger partial charge is 0.354 e. The van der Waals surface area contributed by atoms with Gasteiger partial charge in [-0.05, 0) is 62.3 Å². The Labute approximate surface area is 247 Å². The van der Waals surface area contributed by atoms with Gasteiger partial charge in [0.05, 0.1) is 11.4 Å². The summed E-state index contributed by atoms with van der Waals surface area (Å²) in [6, 6.07) is 17.0. The zero-order valence-corrected chi connectivity index (χ0v) is 27.0. The van der Waals surface area contributed by atoms with Gasteiger partial charge in [-0.1, -0.05) is 85.7 Å². The van der Waals surface area contributed by atoms with Crippen molar-refractivity contribution < 1.29 is 0 Å². The third kappa shape index (κ3) is 9.25. The summed E-state index contributed by atoms with van der Waals surface area (Å²) in [6.45, 7) is 12.8. The third-order valence-corrected chi connectivity index (χ3v) is 9.00. The van der Waals surface area contributed by atoms with E-state index in [1.165, 1.54) is 0 Å². The maximum Gasteiger partial charge on any atom is 0.189 e. The van der Waals surface area contributed by atoms with Gasteiger partial charge >= 0.3 is 0 Å². The molecule has 2 aromatic rings. The summed E-state index contributed by atoms with van der Waals surface area (Å²) in [4.78, 5) is 6.11. The van der Waals surface area contributed by atoms with E-state index in [0.29, 0.717) is 16.3 Å². The van der Waals surface area contributed by atoms with Gasteiger partial charge in [0.15, 0.2) is 10.2 Å². The number of nitrogens with one attached hydrogen (secondary N) is 2. The van der Waals surface area contributed by atoms with Crippen molar-refractivity contribution in [3.8, 4) is 0 Å². The van der Waals surface area contributed by atoms with Crippen LogP contribution in [0, 0.1) is 11.8 Å². The number of hydrogen-bond donors (Lipinski definition) is 2. The smallest absolute Gasteiger partial charge is 0.189 e. The van der Waals surface area contributed by atoms with E-state index in [1.54, 1.807) is 21.6 Å². The van der Waals surface area contributed by atoms with Gasteiger partial charge in [0.25, 0.3) is 0 Å². The van der Waals surface area contributed by atoms with E-state index in [1.807, 2.05) is 37.0 Å². The molecule has 2 rings (SSSR count). The van der Waals surface area contributed by atoms with E-state index in [9.17, 15) is 0 Å². The molecule has 0 saturated carbocycles. The minimum atomic E-state index is 0.208. The van der Waals surface area contributed by atoms with E-state index in [0.717, 1.165) is 32.3 Å². The highest BCUT2D eigenvalue weighted by atomic mass is 33.1. The van der Waals surface area contributed by atoms with Gasteiger partial charge in [-0.15, -0.1) is 0 Å². The lowest BCUT2D eigenvalue weighted by Gasteiger charge is -2.24. The number of hydrazone groups is 2. The Kier molecular flexibility index (Phi) is 13.0. The maximum absolute atomic E-state index is 5.54. The van der Waals surface area contributed by atoms with Crippen molar-refractivity contribution in [3.05, 3.63) is 59.7 Å². The molecule has 0 aromatic heterocycles. The molecule has 0 bridgehead atoms. The van der Waals surface area contributed by atoms with Gasteiger partial charge in [0.1, 0.15) is 0 Å². The van der Waals surface area contributed by atoms with Crippen molar-refractivity contribution in [2.45, 2.75) is 57.4 Å². The Morgan fingerprint density at radius 3 is 1.45 bits per heavy atom. The molecule has 0 aliphatic heterocycles. The Morgan fingerprint density at radius 2 is 1.08 bits per heavy atom. The van der Waals surface area contributed by atoms with Gasteiger partial charge in [-0.25, -0.2) is 0 Å². The molecule has 0 spiro atoms. The van der Waals surface area contributed by atoms with Crippen molar-refractivity contribution in [3.63, 3.8) is 0 Å². The van der Waals surface area contributed by atoms with Crippen LogP contribution in [-0.4, -0.2) is 58.6 Å². The molecule has 206 valence electrons. The molecule has 38 heavy (non-hydrogen) atoms. The standard InChI is InChI=1S/C28H40N6S4/c1-18(2)25(29-31-27(35)33(7)8)21-14-10-12-16-23(21)37-38-24-17-13-11-15-22(24)26(19(3)4)30-32-28(36)34(9)20(5)6/h10-20H,1-9H3,(H,31,35)(H,32,36)/b29-25+,30-26+. The van der Waals surface area contributed by atoms with Crippen LogP contribution >= 0.6 is 46.0 Å². The van der Waals surface area contributed by atoms with Crippen molar-refractivity contribution in [2.75, 3.05) is 21.1 Å². The molecule has 6 nitrogen and oxygen atoms in total. The zero-order chi connectivity index (χ0) is 28.4. The van der Waals surface area contributed by atoms with Gasteiger partial charge in [0.2, 0.25) is 0 Å². The molecule has 2 N–H and O–H groups in total. The summed E-state index contributed by atoms with van der Waals surface area (Å²) in [6.07, 6.45) is 0. The summed E-state index contributed by atoms with van der Waals surface area (Å²) in [7, 11) is 9.21. The molecule has 0 fully saturated rings. The topological polar surface area (TPSA) is 55.3 Å². The zero-order valence-electron chi connectivity index (χ0n) is 23.8. The summed E-state index contributed by atoms with van der Waals surface area (Å²) >= 11 is 10.9. The highest BCUT2D eigenvalue weighted by Crippen LogP contribution is 2.41. The van der Waals surface area contributed by atoms with Crippen molar-refractivity contribution in [1.82, 2.24) is 20.7 Å². The number of rotatable bonds is 10. The normalized spacial score (nSPS) is 12.2. The van der Waals surface area contributed by atoms with Gasteiger partial charge in [-0.2, -0.15) is 10.2 Å². The van der Waals surface area contributed by atoms with Crippen LogP contribution in [0.25, 0.3) is 0 Å². The molecule has 10 heteroatoms. The molecular weight excluding hydrogens is 549 g/mol. The summed E-state index contributed by atoms with van der Waals surface area (Å²) in [5, 5.41) is 10.6. The van der Waals surface area contributed by atoms with Crippen LogP contribution in [0.3, 0.4) is 0 Å². The quantitative estimate of drug-likeness (QED) is 0.135. The van der Waals surface area contributed by atoms with Gasteiger partial charge in [-0.3, -0.25) is 10.9 Å². The van der Waals surface area contributed by atoms with E-state index in [4.69, 9.17) is 29.5 Å². The Hall–Kier alpha value is -2.14. The molecule has 0 amide bonds. The predicted octanol–water partition coefficient (Wildman–Crippen LogP) is 6.86. The third-order valence-electron chi connectivity index (χ3n) is 5.69. The fourth-order valence-corrected chi connectivity index (χ4v) is 5.91. The fraction of sp³-hybridized carbons (Fsp3) is 0.429. The average Bonchev–Trinajstić information content (AvgIpc) is 2.87. The molecule has 0 unspecified atom stereocenters. The Morgan fingerprint density at radius 1 is 0.684 bits per heavy atom. The van der Waals surface area contributed by atoms with Crippen LogP contribution in [0.4, 0.5) is 0 Å². The number of thiocarbonyl (C=S) groups is 2. The van der Waals surface area contributed by atoms with E-state index in [2.05, 4.69) is 100.0 Å². The average molecular weight is 589 g/mol. The first-order chi connectivity index (χ1) is 17.9. The van der Waals surface area contributed by atoms with E-state index < -0.39 is 0 Å². The van der Waals surface area contributed by atoms with E-state index in [-0.39, 0.29) is 11.8 Å². The molecule has 0 saturated heterocycles. The molecule has 0 radical (unpaired) electrons. The van der Waals surface area contributed by atoms with Crippen molar-refractivity contribution in [1.29, 1.82) is 0 Å². The van der Waals surface area contributed by atoms with E-state index >= 15 is 0 Å². The van der Waals surface area contributed by atoms with Crippen LogP contribution < -0.4 is 10.9 Å². The molecule has 0 aliphatic carbocycles. The number of benzene rings is 2. The molecule has 0 aliphatic rings. The predicted molar refractivity (Wildman–Crippen MR) is 175 cm³/mol. The van der Waals surface area contributed by atoms with Crippen LogP contribution in [0.2, 0.25) is 0 Å². The maximum atomic E-state index is 5.54. The first-order valence-corrected chi connectivity index (χ1v) is 15.6. The van der Waals surface area contributed by atoms with Crippen LogP contribution in [-0.2, 0) is 0 Å². The Balaban J connectivity index is 2.35. The first-order valence-electron chi connectivity index (χ1n) is 12.6. The van der Waals surface area contributed by atoms with Crippen LogP contribution in [0.1, 0.15) is 52.7 Å². The lowest BCUT2D eigenvalue weighted by atomic mass is 10.0. The Bertz CT molecular complexity index is 1160. The number of hydrogen-bond acceptors (Lipinski definition) is 6. The lowest BCUT2D eigenvalue weighted by molar-refractivity contribution is 0.411. The van der Waals surface area contributed by atoms with Crippen molar-refractivity contribution >= 4 is 67.7 Å². The molecule has 0 atom stereocenters. The lowest BCUT2D eigenvalue weighted by Crippen LogP contribution is -2.39. The molecular formula is C28H40N6S4. The summed E-state index contributed by atoms with van der Waals surface area (Å²) < 4.78 is 0. The van der Waals surface area contributed by atoms with Gasteiger partial charge in [0, 0.05) is 48.1 Å². The second kappa shape index (κ2) is 15.5. The summed E-state index contributed by atoms with van der Waals surface area (Å²) in [5.41, 5.74) is 10.2. The first kappa shape index (κ1) is 32.1. The van der Waals surface area contributed by atoms with Gasteiger partial charge < -0.3 is 9.80 Å².